The summed E-state index contributed by atoms with van der Waals surface area (Å²) >= 11 is 1.12. The molecule has 108 valence electrons. The van der Waals surface area contributed by atoms with E-state index in [2.05, 4.69) is 9.72 Å². The zero-order valence-corrected chi connectivity index (χ0v) is 11.3. The number of nitrogens with two attached hydrogens (primary N) is 1. The van der Waals surface area contributed by atoms with Crippen LogP contribution in [0.15, 0.2) is 42.5 Å². The molecule has 1 aromatic heterocycles. The molecule has 2 N–H and O–H groups in total. The first-order valence-corrected chi connectivity index (χ1v) is 6.75. The number of aromatic nitrogens is 1. The van der Waals surface area contributed by atoms with Crippen LogP contribution in [0.2, 0.25) is 0 Å². The number of alkyl halides is 3. The molecular formula is C14H9F3N2OS. The second-order valence-corrected chi connectivity index (χ2v) is 5.35. The monoisotopic (exact) mass is 310 g/mol. The summed E-state index contributed by atoms with van der Waals surface area (Å²) in [5.41, 5.74) is 7.53. The highest BCUT2D eigenvalue weighted by Crippen LogP contribution is 2.37. The minimum Gasteiger partial charge on any atom is -0.406 e. The predicted molar refractivity (Wildman–Crippen MR) is 76.2 cm³/mol. The number of nitrogen functional groups attached to an aromatic ring is 1. The van der Waals surface area contributed by atoms with Crippen LogP contribution in [0.1, 0.15) is 0 Å². The van der Waals surface area contributed by atoms with Gasteiger partial charge in [0.15, 0.2) is 5.13 Å². The Balaban J connectivity index is 2.21. The van der Waals surface area contributed by atoms with Crippen LogP contribution in [0.4, 0.5) is 18.3 Å². The zero-order valence-electron chi connectivity index (χ0n) is 10.5. The number of thiazole rings is 1. The van der Waals surface area contributed by atoms with E-state index in [0.29, 0.717) is 20.9 Å². The lowest BCUT2D eigenvalue weighted by Crippen LogP contribution is -2.17. The minimum atomic E-state index is -4.74. The Morgan fingerprint density at radius 3 is 2.48 bits per heavy atom. The Morgan fingerprint density at radius 2 is 1.81 bits per heavy atom. The highest BCUT2D eigenvalue weighted by atomic mass is 32.1. The van der Waals surface area contributed by atoms with Gasteiger partial charge >= 0.3 is 6.36 Å². The van der Waals surface area contributed by atoms with Gasteiger partial charge in [-0.25, -0.2) is 4.98 Å². The maximum Gasteiger partial charge on any atom is 0.573 e. The third kappa shape index (κ3) is 2.92. The Labute approximate surface area is 121 Å². The van der Waals surface area contributed by atoms with Gasteiger partial charge in [-0.15, -0.1) is 13.2 Å². The van der Waals surface area contributed by atoms with Crippen LogP contribution >= 0.6 is 11.3 Å². The van der Waals surface area contributed by atoms with Gasteiger partial charge in [-0.3, -0.25) is 0 Å². The molecule has 0 unspecified atom stereocenters. The number of halogens is 3. The van der Waals surface area contributed by atoms with E-state index in [9.17, 15) is 13.2 Å². The number of hydrogen-bond acceptors (Lipinski definition) is 4. The lowest BCUT2D eigenvalue weighted by atomic mass is 10.0. The molecule has 0 amide bonds. The van der Waals surface area contributed by atoms with Crippen LogP contribution in [-0.2, 0) is 0 Å². The highest BCUT2D eigenvalue weighted by Gasteiger charge is 2.31. The molecule has 0 aliphatic heterocycles. The molecule has 0 fully saturated rings. The molecule has 7 heteroatoms. The second-order valence-electron chi connectivity index (χ2n) is 4.28. The molecule has 0 saturated carbocycles. The second kappa shape index (κ2) is 4.92. The van der Waals surface area contributed by atoms with E-state index in [-0.39, 0.29) is 5.75 Å². The highest BCUT2D eigenvalue weighted by molar-refractivity contribution is 7.22. The Morgan fingerprint density at radius 1 is 1.10 bits per heavy atom. The number of anilines is 1. The van der Waals surface area contributed by atoms with Crippen LogP contribution in [-0.4, -0.2) is 11.3 Å². The smallest absolute Gasteiger partial charge is 0.406 e. The quantitative estimate of drug-likeness (QED) is 0.761. The SMILES string of the molecule is Nc1nc2c(-c3ccccc3)cc(OC(F)(F)F)cc2s1. The van der Waals surface area contributed by atoms with E-state index in [0.717, 1.165) is 16.9 Å². The van der Waals surface area contributed by atoms with Crippen molar-refractivity contribution in [3.63, 3.8) is 0 Å². The number of fused-ring (bicyclic) bond motifs is 1. The summed E-state index contributed by atoms with van der Waals surface area (Å²) in [5.74, 6) is -0.280. The summed E-state index contributed by atoms with van der Waals surface area (Å²) in [5, 5.41) is 0.298. The molecule has 0 bridgehead atoms. The number of benzene rings is 2. The summed E-state index contributed by atoms with van der Waals surface area (Å²) in [6, 6.07) is 11.6. The molecule has 0 radical (unpaired) electrons. The zero-order chi connectivity index (χ0) is 15.0. The van der Waals surface area contributed by atoms with E-state index in [1.165, 1.54) is 12.1 Å². The Kier molecular flexibility index (Phi) is 3.21. The van der Waals surface area contributed by atoms with Crippen LogP contribution in [0.3, 0.4) is 0 Å². The number of nitrogens with zero attached hydrogens (tertiary/aromatic N) is 1. The van der Waals surface area contributed by atoms with E-state index >= 15 is 0 Å². The first-order valence-electron chi connectivity index (χ1n) is 5.93. The van der Waals surface area contributed by atoms with Crippen LogP contribution in [0.25, 0.3) is 21.3 Å². The molecule has 0 spiro atoms. The molecule has 21 heavy (non-hydrogen) atoms. The summed E-state index contributed by atoms with van der Waals surface area (Å²) in [7, 11) is 0. The molecule has 0 aliphatic carbocycles. The molecular weight excluding hydrogens is 301 g/mol. The van der Waals surface area contributed by atoms with E-state index in [4.69, 9.17) is 5.73 Å². The lowest BCUT2D eigenvalue weighted by Gasteiger charge is -2.11. The standard InChI is InChI=1S/C14H9F3N2OS/c15-14(16,17)20-9-6-10(8-4-2-1-3-5-8)12-11(7-9)21-13(18)19-12/h1-7H,(H2,18,19). The lowest BCUT2D eigenvalue weighted by molar-refractivity contribution is -0.274. The molecule has 0 aliphatic rings. The molecule has 3 nitrogen and oxygen atoms in total. The number of rotatable bonds is 2. The van der Waals surface area contributed by atoms with Crippen molar-refractivity contribution in [2.75, 3.05) is 5.73 Å². The van der Waals surface area contributed by atoms with Crippen molar-refractivity contribution in [2.45, 2.75) is 6.36 Å². The number of ether oxygens (including phenoxy) is 1. The summed E-state index contributed by atoms with van der Waals surface area (Å²) in [6.45, 7) is 0. The fourth-order valence-electron chi connectivity index (χ4n) is 2.05. The summed E-state index contributed by atoms with van der Waals surface area (Å²) < 4.78 is 41.8. The fourth-order valence-corrected chi connectivity index (χ4v) is 2.84. The van der Waals surface area contributed by atoms with Crippen molar-refractivity contribution in [2.24, 2.45) is 0 Å². The van der Waals surface area contributed by atoms with Crippen LogP contribution < -0.4 is 10.5 Å². The molecule has 2 aromatic carbocycles. The molecule has 0 atom stereocenters. The van der Waals surface area contributed by atoms with Gasteiger partial charge in [-0.1, -0.05) is 41.7 Å². The molecule has 3 aromatic rings. The van der Waals surface area contributed by atoms with Crippen LogP contribution in [0.5, 0.6) is 5.75 Å². The van der Waals surface area contributed by atoms with Gasteiger partial charge in [-0.05, 0) is 11.6 Å². The fraction of sp³-hybridized carbons (Fsp3) is 0.0714. The van der Waals surface area contributed by atoms with Crippen molar-refractivity contribution in [3.8, 4) is 16.9 Å². The van der Waals surface area contributed by atoms with Crippen molar-refractivity contribution < 1.29 is 17.9 Å². The first-order chi connectivity index (χ1) is 9.92. The minimum absolute atomic E-state index is 0.280. The van der Waals surface area contributed by atoms with E-state index in [1.54, 1.807) is 24.3 Å². The van der Waals surface area contributed by atoms with Crippen LogP contribution in [0, 0.1) is 0 Å². The maximum atomic E-state index is 12.4. The van der Waals surface area contributed by atoms with Gasteiger partial charge in [0.1, 0.15) is 5.75 Å². The van der Waals surface area contributed by atoms with Gasteiger partial charge in [0, 0.05) is 11.6 Å². The van der Waals surface area contributed by atoms with Crippen molar-refractivity contribution in [1.29, 1.82) is 0 Å². The maximum absolute atomic E-state index is 12.4. The van der Waals surface area contributed by atoms with Crippen molar-refractivity contribution in [3.05, 3.63) is 42.5 Å². The van der Waals surface area contributed by atoms with E-state index in [1.807, 2.05) is 6.07 Å². The van der Waals surface area contributed by atoms with Crippen molar-refractivity contribution >= 4 is 26.7 Å². The summed E-state index contributed by atoms with van der Waals surface area (Å²) in [6.07, 6.45) is -4.74. The third-order valence-electron chi connectivity index (χ3n) is 2.80. The topological polar surface area (TPSA) is 48.1 Å². The largest absolute Gasteiger partial charge is 0.573 e. The number of hydrogen-bond donors (Lipinski definition) is 1. The van der Waals surface area contributed by atoms with Gasteiger partial charge in [0.05, 0.1) is 10.2 Å². The predicted octanol–water partition coefficient (Wildman–Crippen LogP) is 4.44. The van der Waals surface area contributed by atoms with Gasteiger partial charge in [0.2, 0.25) is 0 Å². The Hall–Kier alpha value is -2.28. The van der Waals surface area contributed by atoms with Crippen molar-refractivity contribution in [1.82, 2.24) is 4.98 Å². The van der Waals surface area contributed by atoms with E-state index < -0.39 is 6.36 Å². The van der Waals surface area contributed by atoms with Gasteiger partial charge < -0.3 is 10.5 Å². The summed E-state index contributed by atoms with van der Waals surface area (Å²) in [4.78, 5) is 4.19. The first kappa shape index (κ1) is 13.7. The average Bonchev–Trinajstić information content (AvgIpc) is 2.77. The molecule has 3 rings (SSSR count). The normalized spacial score (nSPS) is 11.8. The average molecular weight is 310 g/mol. The molecule has 0 saturated heterocycles. The Bertz CT molecular complexity index is 784. The van der Waals surface area contributed by atoms with Gasteiger partial charge in [0.25, 0.3) is 0 Å². The van der Waals surface area contributed by atoms with Gasteiger partial charge in [-0.2, -0.15) is 0 Å². The third-order valence-corrected chi connectivity index (χ3v) is 3.63. The molecule has 1 heterocycles.